The van der Waals surface area contributed by atoms with Crippen LogP contribution in [0.15, 0.2) is 36.9 Å². The van der Waals surface area contributed by atoms with Crippen LogP contribution in [0.2, 0.25) is 0 Å². The zero-order chi connectivity index (χ0) is 16.6. The minimum absolute atomic E-state index is 0.118. The van der Waals surface area contributed by atoms with Gasteiger partial charge in [0.05, 0.1) is 19.4 Å². The number of carbonyl (C=O) groups excluding carboxylic acids is 1. The Bertz CT molecular complexity index is 661. The lowest BCUT2D eigenvalue weighted by molar-refractivity contribution is 0.0383. The summed E-state index contributed by atoms with van der Waals surface area (Å²) in [4.78, 5) is 26.8. The number of hydrogen-bond acceptors (Lipinski definition) is 7. The van der Waals surface area contributed by atoms with Gasteiger partial charge < -0.3 is 15.4 Å². The first-order valence-electron chi connectivity index (χ1n) is 7.89. The van der Waals surface area contributed by atoms with Crippen molar-refractivity contribution in [3.8, 4) is 0 Å². The number of pyridine rings is 1. The monoisotopic (exact) mass is 328 g/mol. The third kappa shape index (κ3) is 4.71. The predicted molar refractivity (Wildman–Crippen MR) is 89.1 cm³/mol. The van der Waals surface area contributed by atoms with E-state index < -0.39 is 0 Å². The molecule has 0 unspecified atom stereocenters. The highest BCUT2D eigenvalue weighted by Gasteiger charge is 2.11. The van der Waals surface area contributed by atoms with Gasteiger partial charge in [-0.15, -0.1) is 0 Å². The van der Waals surface area contributed by atoms with E-state index in [1.165, 1.54) is 0 Å². The van der Waals surface area contributed by atoms with Crippen LogP contribution in [-0.4, -0.2) is 65.2 Å². The molecule has 0 atom stereocenters. The van der Waals surface area contributed by atoms with E-state index in [9.17, 15) is 4.79 Å². The topological polar surface area (TPSA) is 92.3 Å². The van der Waals surface area contributed by atoms with Crippen LogP contribution in [0.5, 0.6) is 0 Å². The molecule has 0 aromatic carbocycles. The van der Waals surface area contributed by atoms with E-state index in [1.807, 2.05) is 0 Å². The van der Waals surface area contributed by atoms with Crippen LogP contribution in [0.1, 0.15) is 10.4 Å². The van der Waals surface area contributed by atoms with Crippen molar-refractivity contribution in [2.45, 2.75) is 0 Å². The summed E-state index contributed by atoms with van der Waals surface area (Å²) in [6, 6.07) is 3.38. The molecule has 8 nitrogen and oxygen atoms in total. The number of anilines is 2. The summed E-state index contributed by atoms with van der Waals surface area (Å²) >= 11 is 0. The van der Waals surface area contributed by atoms with Gasteiger partial charge in [-0.1, -0.05) is 0 Å². The number of nitrogens with zero attached hydrogens (tertiary/aromatic N) is 4. The average Bonchev–Trinajstić information content (AvgIpc) is 2.64. The SMILES string of the molecule is O=C(NCCN1CCOCC1)c1ccnc(Nc2cnccn2)c1. The third-order valence-electron chi connectivity index (χ3n) is 3.66. The van der Waals surface area contributed by atoms with Crippen LogP contribution in [0.25, 0.3) is 0 Å². The molecule has 2 aromatic heterocycles. The van der Waals surface area contributed by atoms with Gasteiger partial charge in [-0.05, 0) is 12.1 Å². The first-order valence-corrected chi connectivity index (χ1v) is 7.89. The first kappa shape index (κ1) is 16.3. The van der Waals surface area contributed by atoms with Crippen LogP contribution in [0, 0.1) is 0 Å². The average molecular weight is 328 g/mol. The van der Waals surface area contributed by atoms with Crippen molar-refractivity contribution in [3.05, 3.63) is 42.5 Å². The molecule has 1 aliphatic heterocycles. The van der Waals surface area contributed by atoms with E-state index >= 15 is 0 Å². The lowest BCUT2D eigenvalue weighted by Gasteiger charge is -2.26. The van der Waals surface area contributed by atoms with E-state index in [0.29, 0.717) is 23.7 Å². The number of aromatic nitrogens is 3. The summed E-state index contributed by atoms with van der Waals surface area (Å²) in [6.45, 7) is 4.78. The smallest absolute Gasteiger partial charge is 0.251 e. The van der Waals surface area contributed by atoms with Crippen LogP contribution >= 0.6 is 0 Å². The summed E-state index contributed by atoms with van der Waals surface area (Å²) < 4.78 is 5.31. The molecule has 2 N–H and O–H groups in total. The molecule has 1 aliphatic rings. The number of hydrogen-bond donors (Lipinski definition) is 2. The number of morpholine rings is 1. The van der Waals surface area contributed by atoms with Crippen molar-refractivity contribution in [1.82, 2.24) is 25.2 Å². The Morgan fingerprint density at radius 1 is 1.17 bits per heavy atom. The normalized spacial score (nSPS) is 15.0. The minimum Gasteiger partial charge on any atom is -0.379 e. The molecule has 0 bridgehead atoms. The van der Waals surface area contributed by atoms with Crippen molar-refractivity contribution in [2.75, 3.05) is 44.7 Å². The number of amides is 1. The second kappa shape index (κ2) is 8.32. The number of ether oxygens (including phenoxy) is 1. The molecule has 2 aromatic rings. The van der Waals surface area contributed by atoms with E-state index in [2.05, 4.69) is 30.5 Å². The lowest BCUT2D eigenvalue weighted by atomic mass is 10.2. The number of nitrogens with one attached hydrogen (secondary N) is 2. The Labute approximate surface area is 140 Å². The Hall–Kier alpha value is -2.58. The fourth-order valence-electron chi connectivity index (χ4n) is 2.39. The molecule has 0 saturated carbocycles. The van der Waals surface area contributed by atoms with Gasteiger partial charge in [-0.25, -0.2) is 9.97 Å². The van der Waals surface area contributed by atoms with Crippen molar-refractivity contribution in [3.63, 3.8) is 0 Å². The molecule has 1 amide bonds. The van der Waals surface area contributed by atoms with Crippen molar-refractivity contribution in [1.29, 1.82) is 0 Å². The number of rotatable bonds is 6. The molecule has 1 fully saturated rings. The molecular formula is C16H20N6O2. The fourth-order valence-corrected chi connectivity index (χ4v) is 2.39. The van der Waals surface area contributed by atoms with Gasteiger partial charge in [0.1, 0.15) is 11.6 Å². The molecule has 24 heavy (non-hydrogen) atoms. The zero-order valence-corrected chi connectivity index (χ0v) is 13.3. The van der Waals surface area contributed by atoms with Crippen LogP contribution in [-0.2, 0) is 4.74 Å². The van der Waals surface area contributed by atoms with E-state index in [1.54, 1.807) is 36.9 Å². The maximum atomic E-state index is 12.3. The summed E-state index contributed by atoms with van der Waals surface area (Å²) in [7, 11) is 0. The Kier molecular flexibility index (Phi) is 5.65. The van der Waals surface area contributed by atoms with Gasteiger partial charge in [0.2, 0.25) is 0 Å². The minimum atomic E-state index is -0.118. The number of carbonyl (C=O) groups is 1. The van der Waals surface area contributed by atoms with Crippen LogP contribution in [0.3, 0.4) is 0 Å². The van der Waals surface area contributed by atoms with Gasteiger partial charge in [-0.3, -0.25) is 14.7 Å². The van der Waals surface area contributed by atoms with Gasteiger partial charge in [0.25, 0.3) is 5.91 Å². The highest BCUT2D eigenvalue weighted by Crippen LogP contribution is 2.12. The molecular weight excluding hydrogens is 308 g/mol. The molecule has 0 radical (unpaired) electrons. The largest absolute Gasteiger partial charge is 0.379 e. The predicted octanol–water partition coefficient (Wildman–Crippen LogP) is 0.677. The highest BCUT2D eigenvalue weighted by molar-refractivity contribution is 5.94. The Balaban J connectivity index is 1.52. The van der Waals surface area contributed by atoms with Gasteiger partial charge in [0.15, 0.2) is 0 Å². The van der Waals surface area contributed by atoms with Crippen molar-refractivity contribution < 1.29 is 9.53 Å². The molecule has 8 heteroatoms. The summed E-state index contributed by atoms with van der Waals surface area (Å²) in [5.41, 5.74) is 0.554. The maximum absolute atomic E-state index is 12.3. The highest BCUT2D eigenvalue weighted by atomic mass is 16.5. The molecule has 0 spiro atoms. The van der Waals surface area contributed by atoms with Gasteiger partial charge >= 0.3 is 0 Å². The third-order valence-corrected chi connectivity index (χ3v) is 3.66. The maximum Gasteiger partial charge on any atom is 0.251 e. The van der Waals surface area contributed by atoms with Crippen molar-refractivity contribution in [2.24, 2.45) is 0 Å². The van der Waals surface area contributed by atoms with Crippen LogP contribution in [0.4, 0.5) is 11.6 Å². The van der Waals surface area contributed by atoms with Crippen molar-refractivity contribution >= 4 is 17.5 Å². The molecule has 1 saturated heterocycles. The lowest BCUT2D eigenvalue weighted by Crippen LogP contribution is -2.41. The quantitative estimate of drug-likeness (QED) is 0.805. The molecule has 3 heterocycles. The fraction of sp³-hybridized carbons (Fsp3) is 0.375. The second-order valence-corrected chi connectivity index (χ2v) is 5.36. The van der Waals surface area contributed by atoms with E-state index in [0.717, 1.165) is 32.8 Å². The Morgan fingerprint density at radius 2 is 2.00 bits per heavy atom. The second-order valence-electron chi connectivity index (χ2n) is 5.36. The molecule has 126 valence electrons. The summed E-state index contributed by atoms with van der Waals surface area (Å²) in [6.07, 6.45) is 6.37. The zero-order valence-electron chi connectivity index (χ0n) is 13.3. The van der Waals surface area contributed by atoms with Gasteiger partial charge in [-0.2, -0.15) is 0 Å². The summed E-state index contributed by atoms with van der Waals surface area (Å²) in [5, 5.41) is 5.95. The summed E-state index contributed by atoms with van der Waals surface area (Å²) in [5.74, 6) is 1.01. The first-order chi connectivity index (χ1) is 11.8. The van der Waals surface area contributed by atoms with Gasteiger partial charge in [0, 0.05) is 50.3 Å². The standard InChI is InChI=1S/C16H20N6O2/c23-16(20-5-6-22-7-9-24-10-8-22)13-1-2-18-14(11-13)21-15-12-17-3-4-19-15/h1-4,11-12H,5-10H2,(H,20,23)(H,18,19,21). The van der Waals surface area contributed by atoms with E-state index in [-0.39, 0.29) is 5.91 Å². The van der Waals surface area contributed by atoms with E-state index in [4.69, 9.17) is 4.74 Å². The Morgan fingerprint density at radius 3 is 2.79 bits per heavy atom. The molecule has 0 aliphatic carbocycles. The molecule has 3 rings (SSSR count). The van der Waals surface area contributed by atoms with Crippen LogP contribution < -0.4 is 10.6 Å².